The van der Waals surface area contributed by atoms with Crippen LogP contribution in [0.4, 0.5) is 8.78 Å². The van der Waals surface area contributed by atoms with Crippen LogP contribution in [0.3, 0.4) is 0 Å². The third-order valence-corrected chi connectivity index (χ3v) is 1.21. The summed E-state index contributed by atoms with van der Waals surface area (Å²) in [4.78, 5) is 12.5. The van der Waals surface area contributed by atoms with Gasteiger partial charge in [-0.05, 0) is 0 Å². The molecule has 0 aliphatic carbocycles. The first kappa shape index (κ1) is 7.77. The van der Waals surface area contributed by atoms with E-state index in [0.717, 1.165) is 6.08 Å². The molecule has 1 aliphatic heterocycles. The predicted octanol–water partition coefficient (Wildman–Crippen LogP) is 0.867. The molecule has 4 nitrogen and oxygen atoms in total. The van der Waals surface area contributed by atoms with Gasteiger partial charge in [0.1, 0.15) is 0 Å². The van der Waals surface area contributed by atoms with Crippen molar-refractivity contribution in [3.63, 3.8) is 0 Å². The Labute approximate surface area is 60.4 Å². The summed E-state index contributed by atoms with van der Waals surface area (Å²) in [6.45, 7) is -0.0179. The first-order valence-corrected chi connectivity index (χ1v) is 2.80. The van der Waals surface area contributed by atoms with Crippen molar-refractivity contribution in [3.8, 4) is 0 Å². The van der Waals surface area contributed by atoms with Crippen molar-refractivity contribution in [2.45, 2.75) is 6.43 Å². The van der Waals surface area contributed by atoms with E-state index >= 15 is 0 Å². The summed E-state index contributed by atoms with van der Waals surface area (Å²) in [7, 11) is 0. The van der Waals surface area contributed by atoms with Gasteiger partial charge in [0.15, 0.2) is 5.71 Å². The first-order valence-electron chi connectivity index (χ1n) is 2.80. The van der Waals surface area contributed by atoms with E-state index < -0.39 is 22.8 Å². The molecule has 0 atom stereocenters. The van der Waals surface area contributed by atoms with E-state index in [1.165, 1.54) is 0 Å². The lowest BCUT2D eigenvalue weighted by atomic mass is 10.3. The topological polar surface area (TPSA) is 55.5 Å². The molecule has 1 aliphatic rings. The number of hydrogen-bond acceptors (Lipinski definition) is 3. The van der Waals surface area contributed by atoms with E-state index in [2.05, 4.69) is 4.99 Å². The molecule has 1 heterocycles. The maximum Gasteiger partial charge on any atom is 0.294 e. The summed E-state index contributed by atoms with van der Waals surface area (Å²) < 4.78 is 23.7. The van der Waals surface area contributed by atoms with E-state index in [-0.39, 0.29) is 6.54 Å². The Morgan fingerprint density at radius 2 is 2.36 bits per heavy atom. The molecule has 11 heavy (non-hydrogen) atoms. The molecule has 6 heteroatoms. The molecule has 0 N–H and O–H groups in total. The van der Waals surface area contributed by atoms with Crippen molar-refractivity contribution in [1.29, 1.82) is 0 Å². The zero-order valence-corrected chi connectivity index (χ0v) is 5.33. The number of allylic oxidation sites excluding steroid dienone is 1. The molecule has 1 rings (SSSR count). The fourth-order valence-electron chi connectivity index (χ4n) is 0.765. The van der Waals surface area contributed by atoms with Gasteiger partial charge in [-0.25, -0.2) is 8.78 Å². The second kappa shape index (κ2) is 2.73. The molecule has 0 spiro atoms. The minimum absolute atomic E-state index is 0.0179. The Hall–Kier alpha value is -1.33. The molecule has 0 bridgehead atoms. The highest BCUT2D eigenvalue weighted by Crippen LogP contribution is 2.13. The van der Waals surface area contributed by atoms with Crippen LogP contribution < -0.4 is 0 Å². The highest BCUT2D eigenvalue weighted by molar-refractivity contribution is 6.01. The van der Waals surface area contributed by atoms with Gasteiger partial charge in [0, 0.05) is 6.08 Å². The van der Waals surface area contributed by atoms with Crippen LogP contribution in [0.25, 0.3) is 0 Å². The number of rotatable bonds is 2. The molecule has 0 amide bonds. The van der Waals surface area contributed by atoms with Crippen LogP contribution in [0.1, 0.15) is 0 Å². The fraction of sp³-hybridized carbons (Fsp3) is 0.400. The highest BCUT2D eigenvalue weighted by Gasteiger charge is 2.30. The number of alkyl halides is 2. The van der Waals surface area contributed by atoms with Gasteiger partial charge < -0.3 is 0 Å². The molecular weight excluding hydrogens is 158 g/mol. The van der Waals surface area contributed by atoms with Crippen LogP contribution in [-0.4, -0.2) is 23.6 Å². The maximum atomic E-state index is 11.9. The normalized spacial score (nSPS) is 16.6. The van der Waals surface area contributed by atoms with E-state index in [1.807, 2.05) is 0 Å². The minimum atomic E-state index is -2.85. The lowest BCUT2D eigenvalue weighted by Gasteiger charge is -1.95. The largest absolute Gasteiger partial charge is 0.294 e. The van der Waals surface area contributed by atoms with Gasteiger partial charge in [0.05, 0.1) is 11.5 Å². The Bertz CT molecular complexity index is 247. The van der Waals surface area contributed by atoms with E-state index in [1.54, 1.807) is 0 Å². The van der Waals surface area contributed by atoms with Gasteiger partial charge in [0.2, 0.25) is 0 Å². The zero-order valence-electron chi connectivity index (χ0n) is 5.33. The molecule has 0 aromatic rings. The van der Waals surface area contributed by atoms with Crippen LogP contribution in [0.5, 0.6) is 0 Å². The number of hydrogen-bond donors (Lipinski definition) is 0. The van der Waals surface area contributed by atoms with Gasteiger partial charge in [0.25, 0.3) is 12.1 Å². The Morgan fingerprint density at radius 3 is 2.73 bits per heavy atom. The Morgan fingerprint density at radius 1 is 1.73 bits per heavy atom. The first-order chi connectivity index (χ1) is 5.13. The van der Waals surface area contributed by atoms with Crippen LogP contribution >= 0.6 is 0 Å². The van der Waals surface area contributed by atoms with E-state index in [9.17, 15) is 18.9 Å². The number of nitrogens with zero attached hydrogens (tertiary/aromatic N) is 2. The molecule has 0 fully saturated rings. The molecule has 0 aromatic carbocycles. The van der Waals surface area contributed by atoms with Gasteiger partial charge in [-0.2, -0.15) is 0 Å². The molecule has 0 saturated heterocycles. The molecule has 60 valence electrons. The van der Waals surface area contributed by atoms with Gasteiger partial charge in [-0.3, -0.25) is 15.1 Å². The summed E-state index contributed by atoms with van der Waals surface area (Å²) in [5, 5.41) is 10.0. The van der Waals surface area contributed by atoms with Crippen molar-refractivity contribution in [2.24, 2.45) is 4.99 Å². The maximum absolute atomic E-state index is 11.9. The van der Waals surface area contributed by atoms with Gasteiger partial charge in [-0.15, -0.1) is 0 Å². The summed E-state index contributed by atoms with van der Waals surface area (Å²) in [5.74, 6) is 0. The number of nitro groups is 1. The van der Waals surface area contributed by atoms with Crippen molar-refractivity contribution in [1.82, 2.24) is 0 Å². The average Bonchev–Trinajstić information content (AvgIpc) is 2.32. The summed E-state index contributed by atoms with van der Waals surface area (Å²) in [5.41, 5.74) is -1.28. The lowest BCUT2D eigenvalue weighted by molar-refractivity contribution is -0.415. The lowest BCUT2D eigenvalue weighted by Crippen LogP contribution is -2.16. The summed E-state index contributed by atoms with van der Waals surface area (Å²) in [6.07, 6.45) is -1.78. The summed E-state index contributed by atoms with van der Waals surface area (Å²) >= 11 is 0. The summed E-state index contributed by atoms with van der Waals surface area (Å²) in [6, 6.07) is 0. The second-order valence-corrected chi connectivity index (χ2v) is 1.87. The average molecular weight is 162 g/mol. The van der Waals surface area contributed by atoms with Crippen molar-refractivity contribution in [2.75, 3.05) is 6.54 Å². The molecule has 0 radical (unpaired) electrons. The van der Waals surface area contributed by atoms with Gasteiger partial charge >= 0.3 is 0 Å². The standard InChI is InChI=1S/C5H4F2N2O2/c6-5(7)4-3(9(10)11)1-2-8-4/h1,5H,2H2. The highest BCUT2D eigenvalue weighted by atomic mass is 19.3. The molecular formula is C5H4F2N2O2. The second-order valence-electron chi connectivity index (χ2n) is 1.87. The predicted molar refractivity (Wildman–Crippen MR) is 33.4 cm³/mol. The molecule has 0 saturated carbocycles. The quantitative estimate of drug-likeness (QED) is 0.446. The fourth-order valence-corrected chi connectivity index (χ4v) is 0.765. The van der Waals surface area contributed by atoms with Crippen LogP contribution in [0, 0.1) is 10.1 Å². The monoisotopic (exact) mass is 162 g/mol. The zero-order chi connectivity index (χ0) is 8.43. The minimum Gasteiger partial charge on any atom is -0.273 e. The van der Waals surface area contributed by atoms with E-state index in [4.69, 9.17) is 0 Å². The number of halogens is 2. The van der Waals surface area contributed by atoms with Crippen LogP contribution in [0.2, 0.25) is 0 Å². The number of aliphatic imine (C=N–C) groups is 1. The van der Waals surface area contributed by atoms with Crippen LogP contribution in [-0.2, 0) is 0 Å². The van der Waals surface area contributed by atoms with Gasteiger partial charge in [-0.1, -0.05) is 0 Å². The third kappa shape index (κ3) is 1.39. The molecule has 0 aromatic heterocycles. The van der Waals surface area contributed by atoms with Crippen LogP contribution in [0.15, 0.2) is 16.8 Å². The van der Waals surface area contributed by atoms with Crippen molar-refractivity contribution in [3.05, 3.63) is 21.9 Å². The van der Waals surface area contributed by atoms with Crippen molar-refractivity contribution < 1.29 is 13.7 Å². The smallest absolute Gasteiger partial charge is 0.273 e. The Kier molecular flexibility index (Phi) is 1.93. The van der Waals surface area contributed by atoms with Crippen molar-refractivity contribution >= 4 is 5.71 Å². The molecule has 0 unspecified atom stereocenters. The third-order valence-electron chi connectivity index (χ3n) is 1.21. The SMILES string of the molecule is O=[N+]([O-])C1=CCN=C1C(F)F. The Balaban J connectivity index is 2.84. The van der Waals surface area contributed by atoms with E-state index in [0.29, 0.717) is 0 Å².